The highest BCUT2D eigenvalue weighted by molar-refractivity contribution is 5.68. The molecule has 0 heterocycles. The van der Waals surface area contributed by atoms with E-state index < -0.39 is 0 Å². The Morgan fingerprint density at radius 2 is 1.94 bits per heavy atom. The minimum atomic E-state index is 0.458. The van der Waals surface area contributed by atoms with Crippen molar-refractivity contribution in [2.45, 2.75) is 26.8 Å². The van der Waals surface area contributed by atoms with Crippen LogP contribution in [-0.4, -0.2) is 38.1 Å². The van der Waals surface area contributed by atoms with Crippen LogP contribution in [-0.2, 0) is 0 Å². The Balaban J connectivity index is 2.93. The number of benzene rings is 1. The molecule has 0 saturated heterocycles. The molecule has 0 fully saturated rings. The zero-order valence-electron chi connectivity index (χ0n) is 11.7. The van der Waals surface area contributed by atoms with Gasteiger partial charge in [0.1, 0.15) is 0 Å². The molecule has 0 amide bonds. The summed E-state index contributed by atoms with van der Waals surface area (Å²) >= 11 is 0. The van der Waals surface area contributed by atoms with Gasteiger partial charge in [-0.25, -0.2) is 0 Å². The van der Waals surface area contributed by atoms with Crippen LogP contribution in [0.4, 0.5) is 11.4 Å². The van der Waals surface area contributed by atoms with Gasteiger partial charge in [0.05, 0.1) is 11.4 Å². The van der Waals surface area contributed by atoms with Crippen molar-refractivity contribution in [2.75, 3.05) is 37.8 Å². The molecule has 1 atom stereocenters. The van der Waals surface area contributed by atoms with Crippen molar-refractivity contribution in [3.63, 3.8) is 0 Å². The third-order valence-electron chi connectivity index (χ3n) is 2.99. The molecule has 0 aliphatic heterocycles. The van der Waals surface area contributed by atoms with Gasteiger partial charge in [0.25, 0.3) is 0 Å². The predicted molar refractivity (Wildman–Crippen MR) is 76.6 cm³/mol. The molecule has 0 bridgehead atoms. The molecule has 96 valence electrons. The number of hydrogen-bond donors (Lipinski definition) is 1. The molecule has 1 aromatic rings. The number of rotatable bonds is 5. The van der Waals surface area contributed by atoms with E-state index in [1.807, 2.05) is 6.07 Å². The first-order chi connectivity index (χ1) is 7.95. The van der Waals surface area contributed by atoms with Crippen molar-refractivity contribution in [3.05, 3.63) is 23.8 Å². The molecular weight excluding hydrogens is 210 g/mol. The maximum atomic E-state index is 6.11. The summed E-state index contributed by atoms with van der Waals surface area (Å²) in [7, 11) is 4.20. The second-order valence-corrected chi connectivity index (χ2v) is 4.96. The zero-order chi connectivity index (χ0) is 13.0. The quantitative estimate of drug-likeness (QED) is 0.795. The third-order valence-corrected chi connectivity index (χ3v) is 2.99. The molecule has 1 rings (SSSR count). The molecule has 1 unspecified atom stereocenters. The first kappa shape index (κ1) is 13.8. The van der Waals surface area contributed by atoms with Gasteiger partial charge in [-0.3, -0.25) is 0 Å². The minimum absolute atomic E-state index is 0.458. The molecule has 0 spiro atoms. The lowest BCUT2D eigenvalue weighted by molar-refractivity contribution is 0.373. The van der Waals surface area contributed by atoms with Crippen LogP contribution in [0.3, 0.4) is 0 Å². The van der Waals surface area contributed by atoms with Crippen LogP contribution in [0.15, 0.2) is 18.2 Å². The number of likely N-dealkylation sites (N-methyl/N-ethyl adjacent to an activating group) is 2. The van der Waals surface area contributed by atoms with Crippen molar-refractivity contribution < 1.29 is 0 Å². The van der Waals surface area contributed by atoms with Crippen LogP contribution in [0.5, 0.6) is 0 Å². The predicted octanol–water partition coefficient (Wildman–Crippen LogP) is 2.35. The number of anilines is 2. The summed E-state index contributed by atoms with van der Waals surface area (Å²) in [6.45, 7) is 8.48. The topological polar surface area (TPSA) is 32.5 Å². The molecule has 1 aromatic carbocycles. The Morgan fingerprint density at radius 1 is 1.29 bits per heavy atom. The highest BCUT2D eigenvalue weighted by atomic mass is 15.2. The van der Waals surface area contributed by atoms with Gasteiger partial charge in [0, 0.05) is 19.1 Å². The number of nitrogen functional groups attached to an aromatic ring is 1. The van der Waals surface area contributed by atoms with Crippen molar-refractivity contribution in [3.8, 4) is 0 Å². The fourth-order valence-corrected chi connectivity index (χ4v) is 2.28. The highest BCUT2D eigenvalue weighted by Gasteiger charge is 2.15. The number of hydrogen-bond acceptors (Lipinski definition) is 3. The Morgan fingerprint density at radius 3 is 2.41 bits per heavy atom. The van der Waals surface area contributed by atoms with Gasteiger partial charge in [-0.2, -0.15) is 0 Å². The van der Waals surface area contributed by atoms with E-state index in [2.05, 4.69) is 56.8 Å². The molecule has 2 N–H and O–H groups in total. The summed E-state index contributed by atoms with van der Waals surface area (Å²) < 4.78 is 0. The molecule has 0 aromatic heterocycles. The largest absolute Gasteiger partial charge is 0.397 e. The molecule has 0 radical (unpaired) electrons. The monoisotopic (exact) mass is 235 g/mol. The molecule has 0 aliphatic rings. The fourth-order valence-electron chi connectivity index (χ4n) is 2.28. The highest BCUT2D eigenvalue weighted by Crippen LogP contribution is 2.25. The van der Waals surface area contributed by atoms with Crippen LogP contribution in [0.1, 0.15) is 19.4 Å². The van der Waals surface area contributed by atoms with E-state index in [0.717, 1.165) is 24.5 Å². The molecule has 3 nitrogen and oxygen atoms in total. The van der Waals surface area contributed by atoms with Crippen LogP contribution in [0.25, 0.3) is 0 Å². The van der Waals surface area contributed by atoms with Crippen molar-refractivity contribution in [2.24, 2.45) is 0 Å². The van der Waals surface area contributed by atoms with Gasteiger partial charge in [-0.15, -0.1) is 0 Å². The van der Waals surface area contributed by atoms with Gasteiger partial charge < -0.3 is 15.5 Å². The van der Waals surface area contributed by atoms with E-state index in [1.165, 1.54) is 5.56 Å². The number of nitrogens with zero attached hydrogens (tertiary/aromatic N) is 2. The van der Waals surface area contributed by atoms with Crippen molar-refractivity contribution in [1.82, 2.24) is 4.90 Å². The lowest BCUT2D eigenvalue weighted by Gasteiger charge is -2.33. The van der Waals surface area contributed by atoms with Crippen molar-refractivity contribution >= 4 is 11.4 Å². The van der Waals surface area contributed by atoms with Crippen LogP contribution < -0.4 is 10.6 Å². The second kappa shape index (κ2) is 5.92. The Kier molecular flexibility index (Phi) is 4.82. The smallest absolute Gasteiger partial charge is 0.0602 e. The van der Waals surface area contributed by atoms with E-state index in [4.69, 9.17) is 5.73 Å². The van der Waals surface area contributed by atoms with Crippen molar-refractivity contribution in [1.29, 1.82) is 0 Å². The minimum Gasteiger partial charge on any atom is -0.397 e. The van der Waals surface area contributed by atoms with E-state index in [1.54, 1.807) is 0 Å². The number of aryl methyl sites for hydroxylation is 1. The molecular formula is C14H25N3. The normalized spacial score (nSPS) is 12.8. The summed E-state index contributed by atoms with van der Waals surface area (Å²) in [6, 6.07) is 6.75. The van der Waals surface area contributed by atoms with E-state index in [9.17, 15) is 0 Å². The standard InChI is InChI=1S/C14H25N3/c1-6-17(12(3)10-16(4)5)14-8-7-11(2)9-13(14)15/h7-9,12H,6,10,15H2,1-5H3. The summed E-state index contributed by atoms with van der Waals surface area (Å²) in [6.07, 6.45) is 0. The van der Waals surface area contributed by atoms with Gasteiger partial charge in [0.15, 0.2) is 0 Å². The maximum absolute atomic E-state index is 6.11. The fraction of sp³-hybridized carbons (Fsp3) is 0.571. The molecule has 17 heavy (non-hydrogen) atoms. The zero-order valence-corrected chi connectivity index (χ0v) is 11.7. The third kappa shape index (κ3) is 3.63. The summed E-state index contributed by atoms with van der Waals surface area (Å²) in [5.41, 5.74) is 9.34. The Hall–Kier alpha value is -1.22. The first-order valence-corrected chi connectivity index (χ1v) is 6.23. The summed E-state index contributed by atoms with van der Waals surface area (Å²) in [5, 5.41) is 0. The SMILES string of the molecule is CCN(c1ccc(C)cc1N)C(C)CN(C)C. The maximum Gasteiger partial charge on any atom is 0.0602 e. The van der Waals surface area contributed by atoms with Crippen LogP contribution in [0, 0.1) is 6.92 Å². The lowest BCUT2D eigenvalue weighted by atomic mass is 10.1. The molecule has 0 aliphatic carbocycles. The van der Waals surface area contributed by atoms with E-state index in [-0.39, 0.29) is 0 Å². The summed E-state index contributed by atoms with van der Waals surface area (Å²) in [5.74, 6) is 0. The molecule has 3 heteroatoms. The van der Waals surface area contributed by atoms with Crippen LogP contribution >= 0.6 is 0 Å². The van der Waals surface area contributed by atoms with E-state index >= 15 is 0 Å². The Bertz CT molecular complexity index is 360. The Labute approximate surface area is 105 Å². The first-order valence-electron chi connectivity index (χ1n) is 6.23. The van der Waals surface area contributed by atoms with Gasteiger partial charge in [0.2, 0.25) is 0 Å². The summed E-state index contributed by atoms with van der Waals surface area (Å²) in [4.78, 5) is 4.56. The second-order valence-electron chi connectivity index (χ2n) is 4.96. The van der Waals surface area contributed by atoms with Gasteiger partial charge in [-0.05, 0) is 52.6 Å². The number of nitrogens with two attached hydrogens (primary N) is 1. The average molecular weight is 235 g/mol. The molecule has 0 saturated carbocycles. The van der Waals surface area contributed by atoms with E-state index in [0.29, 0.717) is 6.04 Å². The average Bonchev–Trinajstić information content (AvgIpc) is 2.21. The van der Waals surface area contributed by atoms with Crippen LogP contribution in [0.2, 0.25) is 0 Å². The lowest BCUT2D eigenvalue weighted by Crippen LogP contribution is -2.40. The van der Waals surface area contributed by atoms with Gasteiger partial charge in [-0.1, -0.05) is 6.07 Å². The van der Waals surface area contributed by atoms with Gasteiger partial charge >= 0.3 is 0 Å².